The molecule has 0 bridgehead atoms. The number of aryl methyl sites for hydroxylation is 1. The number of rotatable bonds is 6. The van der Waals surface area contributed by atoms with Gasteiger partial charge >= 0.3 is 0 Å². The number of amides is 1. The highest BCUT2D eigenvalue weighted by molar-refractivity contribution is 5.87. The summed E-state index contributed by atoms with van der Waals surface area (Å²) < 4.78 is 1.77. The number of hydrogen-bond acceptors (Lipinski definition) is 5. The van der Waals surface area contributed by atoms with E-state index in [4.69, 9.17) is 15.8 Å². The number of nitrogens with two attached hydrogens (primary N) is 1. The summed E-state index contributed by atoms with van der Waals surface area (Å²) in [6.45, 7) is 4.43. The molecule has 0 aliphatic heterocycles. The molecular formula is C23H24N6O. The lowest BCUT2D eigenvalue weighted by Crippen LogP contribution is -2.19. The van der Waals surface area contributed by atoms with E-state index in [1.54, 1.807) is 4.68 Å². The Morgan fingerprint density at radius 1 is 1.13 bits per heavy atom. The predicted octanol–water partition coefficient (Wildman–Crippen LogP) is 2.93. The van der Waals surface area contributed by atoms with Gasteiger partial charge < -0.3 is 11.1 Å². The molecule has 0 aliphatic carbocycles. The maximum atomic E-state index is 11.5. The van der Waals surface area contributed by atoms with Crippen molar-refractivity contribution in [2.75, 3.05) is 6.54 Å². The molecule has 1 amide bonds. The van der Waals surface area contributed by atoms with E-state index in [0.717, 1.165) is 51.4 Å². The number of nitrogens with one attached hydrogen (secondary N) is 1. The molecule has 0 spiro atoms. The predicted molar refractivity (Wildman–Crippen MR) is 117 cm³/mol. The minimum Gasteiger partial charge on any atom is -0.352 e. The van der Waals surface area contributed by atoms with Crippen molar-refractivity contribution in [3.8, 4) is 17.1 Å². The number of carbonyl (C=O) groups is 1. The Morgan fingerprint density at radius 3 is 2.73 bits per heavy atom. The molecule has 7 heteroatoms. The van der Waals surface area contributed by atoms with Crippen LogP contribution in [0.25, 0.3) is 28.0 Å². The van der Waals surface area contributed by atoms with Crippen molar-refractivity contribution in [2.24, 2.45) is 5.73 Å². The Labute approximate surface area is 175 Å². The first-order valence-electron chi connectivity index (χ1n) is 9.90. The van der Waals surface area contributed by atoms with E-state index in [0.29, 0.717) is 13.1 Å². The third-order valence-corrected chi connectivity index (χ3v) is 4.85. The molecule has 0 unspecified atom stereocenters. The van der Waals surface area contributed by atoms with Gasteiger partial charge in [0.25, 0.3) is 0 Å². The monoisotopic (exact) mass is 400 g/mol. The Morgan fingerprint density at radius 2 is 1.97 bits per heavy atom. The minimum absolute atomic E-state index is 0.0793. The highest BCUT2D eigenvalue weighted by atomic mass is 16.1. The number of benzene rings is 1. The second kappa shape index (κ2) is 8.42. The third kappa shape index (κ3) is 4.21. The summed E-state index contributed by atoms with van der Waals surface area (Å²) in [6.07, 6.45) is 2.68. The Bertz CT molecular complexity index is 1210. The average molecular weight is 400 g/mol. The zero-order chi connectivity index (χ0) is 21.1. The molecule has 152 valence electrons. The summed E-state index contributed by atoms with van der Waals surface area (Å²) in [5.41, 5.74) is 11.2. The second-order valence-corrected chi connectivity index (χ2v) is 7.24. The van der Waals surface area contributed by atoms with Gasteiger partial charge in [0.05, 0.1) is 11.2 Å². The van der Waals surface area contributed by atoms with E-state index in [9.17, 15) is 4.79 Å². The van der Waals surface area contributed by atoms with Crippen molar-refractivity contribution in [3.05, 3.63) is 71.7 Å². The Kier molecular flexibility index (Phi) is 5.54. The number of nitrogens with zero attached hydrogens (tertiary/aromatic N) is 4. The summed E-state index contributed by atoms with van der Waals surface area (Å²) >= 11 is 0. The fourth-order valence-electron chi connectivity index (χ4n) is 3.41. The average Bonchev–Trinajstić information content (AvgIpc) is 3.17. The van der Waals surface area contributed by atoms with Gasteiger partial charge in [-0.15, -0.1) is 0 Å². The van der Waals surface area contributed by atoms with Crippen molar-refractivity contribution in [1.29, 1.82) is 0 Å². The third-order valence-electron chi connectivity index (χ3n) is 4.85. The number of fused-ring (bicyclic) bond motifs is 1. The largest absolute Gasteiger partial charge is 0.352 e. The molecular weight excluding hydrogens is 376 g/mol. The van der Waals surface area contributed by atoms with Crippen LogP contribution in [0.2, 0.25) is 0 Å². The van der Waals surface area contributed by atoms with Gasteiger partial charge in [-0.1, -0.05) is 12.1 Å². The van der Waals surface area contributed by atoms with Crippen LogP contribution in [0.15, 0.2) is 54.7 Å². The highest BCUT2D eigenvalue weighted by Crippen LogP contribution is 2.27. The molecule has 4 aromatic rings. The quantitative estimate of drug-likeness (QED) is 0.518. The van der Waals surface area contributed by atoms with Gasteiger partial charge in [0.1, 0.15) is 0 Å². The Balaban J connectivity index is 1.84. The molecule has 0 radical (unpaired) electrons. The maximum absolute atomic E-state index is 11.5. The fraction of sp³-hybridized carbons (Fsp3) is 0.217. The molecule has 1 aromatic carbocycles. The molecule has 3 aromatic heterocycles. The first kappa shape index (κ1) is 19.7. The normalized spacial score (nSPS) is 11.0. The van der Waals surface area contributed by atoms with E-state index >= 15 is 0 Å². The standard InChI is InChI=1S/C23H24N6O/c1-15-5-3-8-23(26-15)29-14-20-18(13-25-16(2)30)11-17(12-22(20)28-29)21-7-4-6-19(27-21)9-10-24/h3-8,11-12,14H,9-10,13,24H2,1-2H3,(H,25,30). The molecule has 4 rings (SSSR count). The van der Waals surface area contributed by atoms with Crippen LogP contribution in [-0.4, -0.2) is 32.2 Å². The molecule has 3 N–H and O–H groups in total. The van der Waals surface area contributed by atoms with Gasteiger partial charge in [0.15, 0.2) is 5.82 Å². The second-order valence-electron chi connectivity index (χ2n) is 7.24. The highest BCUT2D eigenvalue weighted by Gasteiger charge is 2.13. The van der Waals surface area contributed by atoms with Crippen LogP contribution >= 0.6 is 0 Å². The van der Waals surface area contributed by atoms with Gasteiger partial charge in [0, 0.05) is 48.4 Å². The Hall–Kier alpha value is -3.58. The van der Waals surface area contributed by atoms with Crippen LogP contribution in [0, 0.1) is 6.92 Å². The van der Waals surface area contributed by atoms with Gasteiger partial charge in [-0.2, -0.15) is 5.10 Å². The van der Waals surface area contributed by atoms with Crippen LogP contribution < -0.4 is 11.1 Å². The topological polar surface area (TPSA) is 98.7 Å². The zero-order valence-electron chi connectivity index (χ0n) is 17.1. The number of hydrogen-bond donors (Lipinski definition) is 2. The van der Waals surface area contributed by atoms with Crippen LogP contribution in [0.3, 0.4) is 0 Å². The summed E-state index contributed by atoms with van der Waals surface area (Å²) in [6, 6.07) is 15.8. The van der Waals surface area contributed by atoms with Crippen molar-refractivity contribution in [2.45, 2.75) is 26.8 Å². The summed E-state index contributed by atoms with van der Waals surface area (Å²) in [5, 5.41) is 8.61. The molecule has 0 atom stereocenters. The van der Waals surface area contributed by atoms with Crippen molar-refractivity contribution < 1.29 is 4.79 Å². The first-order valence-corrected chi connectivity index (χ1v) is 9.90. The van der Waals surface area contributed by atoms with Gasteiger partial charge in [-0.3, -0.25) is 9.78 Å². The van der Waals surface area contributed by atoms with E-state index in [1.807, 2.05) is 55.6 Å². The number of aromatic nitrogens is 4. The van der Waals surface area contributed by atoms with Gasteiger partial charge in [-0.05, 0) is 55.4 Å². The van der Waals surface area contributed by atoms with Crippen molar-refractivity contribution in [1.82, 2.24) is 25.1 Å². The first-order chi connectivity index (χ1) is 14.5. The number of carbonyl (C=O) groups excluding carboxylic acids is 1. The van der Waals surface area contributed by atoms with Crippen molar-refractivity contribution in [3.63, 3.8) is 0 Å². The molecule has 7 nitrogen and oxygen atoms in total. The van der Waals surface area contributed by atoms with E-state index in [2.05, 4.69) is 16.4 Å². The summed E-state index contributed by atoms with van der Waals surface area (Å²) in [5.74, 6) is 0.672. The lowest BCUT2D eigenvalue weighted by atomic mass is 10.0. The molecule has 3 heterocycles. The molecule has 0 fully saturated rings. The fourth-order valence-corrected chi connectivity index (χ4v) is 3.41. The van der Waals surface area contributed by atoms with Crippen LogP contribution in [0.1, 0.15) is 23.9 Å². The van der Waals surface area contributed by atoms with Crippen molar-refractivity contribution >= 4 is 16.8 Å². The molecule has 0 saturated heterocycles. The van der Waals surface area contributed by atoms with Crippen LogP contribution in [-0.2, 0) is 17.8 Å². The molecule has 0 saturated carbocycles. The molecule has 0 aliphatic rings. The zero-order valence-corrected chi connectivity index (χ0v) is 17.1. The SMILES string of the molecule is CC(=O)NCc1cc(-c2cccc(CCN)n2)cc2nn(-c3cccc(C)n3)cc12. The lowest BCUT2D eigenvalue weighted by Gasteiger charge is -2.09. The maximum Gasteiger partial charge on any atom is 0.217 e. The van der Waals surface area contributed by atoms with Crippen LogP contribution in [0.5, 0.6) is 0 Å². The summed E-state index contributed by atoms with van der Waals surface area (Å²) in [4.78, 5) is 20.8. The lowest BCUT2D eigenvalue weighted by molar-refractivity contribution is -0.119. The van der Waals surface area contributed by atoms with Gasteiger partial charge in [-0.25, -0.2) is 9.67 Å². The van der Waals surface area contributed by atoms with E-state index < -0.39 is 0 Å². The van der Waals surface area contributed by atoms with E-state index in [-0.39, 0.29) is 5.91 Å². The molecule has 30 heavy (non-hydrogen) atoms. The van der Waals surface area contributed by atoms with Gasteiger partial charge in [0.2, 0.25) is 5.91 Å². The smallest absolute Gasteiger partial charge is 0.217 e. The van der Waals surface area contributed by atoms with E-state index in [1.165, 1.54) is 6.92 Å². The van der Waals surface area contributed by atoms with Crippen LogP contribution in [0.4, 0.5) is 0 Å². The minimum atomic E-state index is -0.0793. The number of pyridine rings is 2. The summed E-state index contributed by atoms with van der Waals surface area (Å²) in [7, 11) is 0.